The van der Waals surface area contributed by atoms with Crippen LogP contribution in [-0.2, 0) is 16.6 Å². The summed E-state index contributed by atoms with van der Waals surface area (Å²) in [5.74, 6) is 0.469. The van der Waals surface area contributed by atoms with Crippen molar-refractivity contribution in [3.8, 4) is 5.75 Å². The first-order valence-electron chi connectivity index (χ1n) is 5.92. The average molecular weight is 293 g/mol. The quantitative estimate of drug-likeness (QED) is 0.884. The molecular weight excluding hydrogens is 278 g/mol. The third-order valence-corrected chi connectivity index (χ3v) is 4.09. The Kier molecular flexibility index (Phi) is 4.26. The maximum Gasteiger partial charge on any atom is 0.262 e. The minimum Gasteiger partial charge on any atom is -0.497 e. The summed E-state index contributed by atoms with van der Waals surface area (Å²) in [4.78, 5) is 0.117. The number of sulfonamides is 1. The highest BCUT2D eigenvalue weighted by Gasteiger charge is 2.14. The van der Waals surface area contributed by atoms with Gasteiger partial charge < -0.3 is 9.84 Å². The van der Waals surface area contributed by atoms with E-state index in [9.17, 15) is 8.42 Å². The molecule has 2 rings (SSSR count). The van der Waals surface area contributed by atoms with Gasteiger partial charge in [-0.15, -0.1) is 0 Å². The molecule has 0 saturated heterocycles. The second-order valence-corrected chi connectivity index (χ2v) is 5.83. The fraction of sp³-hybridized carbons (Fsp3) is 0.143. The van der Waals surface area contributed by atoms with Gasteiger partial charge in [-0.2, -0.15) is 0 Å². The van der Waals surface area contributed by atoms with Gasteiger partial charge in [0.25, 0.3) is 10.0 Å². The maximum atomic E-state index is 12.2. The Balaban J connectivity index is 2.30. The molecular formula is C14H15NO4S. The SMILES string of the molecule is COc1cccc(S(=O)(=O)Nc2cccc(CO)c2)c1. The van der Waals surface area contributed by atoms with Crippen LogP contribution in [0.2, 0.25) is 0 Å². The third kappa shape index (κ3) is 3.28. The van der Waals surface area contributed by atoms with Gasteiger partial charge >= 0.3 is 0 Å². The number of methoxy groups -OCH3 is 1. The summed E-state index contributed by atoms with van der Waals surface area (Å²) < 4.78 is 32.0. The molecule has 0 aromatic heterocycles. The molecule has 0 radical (unpaired) electrons. The van der Waals surface area contributed by atoms with Crippen LogP contribution < -0.4 is 9.46 Å². The standard InChI is InChI=1S/C14H15NO4S/c1-19-13-6-3-7-14(9-13)20(17,18)15-12-5-2-4-11(8-12)10-16/h2-9,15-16H,10H2,1H3. The molecule has 20 heavy (non-hydrogen) atoms. The van der Waals surface area contributed by atoms with Crippen molar-refractivity contribution in [1.82, 2.24) is 0 Å². The van der Waals surface area contributed by atoms with E-state index in [0.717, 1.165) is 0 Å². The molecule has 0 bridgehead atoms. The van der Waals surface area contributed by atoms with Crippen molar-refractivity contribution in [1.29, 1.82) is 0 Å². The smallest absolute Gasteiger partial charge is 0.262 e. The molecule has 0 saturated carbocycles. The van der Waals surface area contributed by atoms with Crippen molar-refractivity contribution in [3.05, 3.63) is 54.1 Å². The summed E-state index contributed by atoms with van der Waals surface area (Å²) in [6.45, 7) is -0.144. The van der Waals surface area contributed by atoms with E-state index in [-0.39, 0.29) is 11.5 Å². The van der Waals surface area contributed by atoms with Crippen molar-refractivity contribution in [2.24, 2.45) is 0 Å². The molecule has 0 aliphatic heterocycles. The zero-order valence-corrected chi connectivity index (χ0v) is 11.7. The van der Waals surface area contributed by atoms with Crippen LogP contribution in [0, 0.1) is 0 Å². The summed E-state index contributed by atoms with van der Waals surface area (Å²) in [5.41, 5.74) is 1.04. The summed E-state index contributed by atoms with van der Waals surface area (Å²) in [6, 6.07) is 12.8. The molecule has 0 unspecified atom stereocenters. The molecule has 0 amide bonds. The van der Waals surface area contributed by atoms with Crippen molar-refractivity contribution >= 4 is 15.7 Å². The van der Waals surface area contributed by atoms with E-state index >= 15 is 0 Å². The lowest BCUT2D eigenvalue weighted by Gasteiger charge is -2.10. The zero-order valence-electron chi connectivity index (χ0n) is 10.9. The van der Waals surface area contributed by atoms with Crippen molar-refractivity contribution < 1.29 is 18.3 Å². The van der Waals surface area contributed by atoms with E-state index in [0.29, 0.717) is 17.0 Å². The van der Waals surface area contributed by atoms with Crippen LogP contribution in [0.1, 0.15) is 5.56 Å². The Morgan fingerprint density at radius 1 is 1.15 bits per heavy atom. The van der Waals surface area contributed by atoms with Crippen molar-refractivity contribution in [3.63, 3.8) is 0 Å². The first-order valence-corrected chi connectivity index (χ1v) is 7.40. The van der Waals surface area contributed by atoms with Crippen LogP contribution >= 0.6 is 0 Å². The molecule has 106 valence electrons. The molecule has 2 aromatic carbocycles. The van der Waals surface area contributed by atoms with Gasteiger partial charge in [-0.05, 0) is 29.8 Å². The summed E-state index contributed by atoms with van der Waals surface area (Å²) in [6.07, 6.45) is 0. The number of benzene rings is 2. The first-order chi connectivity index (χ1) is 9.55. The molecule has 2 aromatic rings. The van der Waals surface area contributed by atoms with Gasteiger partial charge in [0.05, 0.1) is 18.6 Å². The normalized spacial score (nSPS) is 11.1. The van der Waals surface area contributed by atoms with Gasteiger partial charge in [-0.25, -0.2) is 8.42 Å². The highest BCUT2D eigenvalue weighted by molar-refractivity contribution is 7.92. The van der Waals surface area contributed by atoms with E-state index in [1.165, 1.54) is 19.2 Å². The molecule has 2 N–H and O–H groups in total. The molecule has 0 fully saturated rings. The topological polar surface area (TPSA) is 75.6 Å². The maximum absolute atomic E-state index is 12.2. The Morgan fingerprint density at radius 3 is 2.60 bits per heavy atom. The molecule has 0 heterocycles. The number of nitrogens with one attached hydrogen (secondary N) is 1. The van der Waals surface area contributed by atoms with Gasteiger partial charge in [-0.1, -0.05) is 18.2 Å². The van der Waals surface area contributed by atoms with Crippen LogP contribution in [0.3, 0.4) is 0 Å². The average Bonchev–Trinajstić information content (AvgIpc) is 2.47. The highest BCUT2D eigenvalue weighted by atomic mass is 32.2. The lowest BCUT2D eigenvalue weighted by Crippen LogP contribution is -2.13. The number of anilines is 1. The van der Waals surface area contributed by atoms with E-state index in [4.69, 9.17) is 9.84 Å². The van der Waals surface area contributed by atoms with Gasteiger partial charge in [0.1, 0.15) is 5.75 Å². The number of aliphatic hydroxyl groups excluding tert-OH is 1. The van der Waals surface area contributed by atoms with Gasteiger partial charge in [0, 0.05) is 11.8 Å². The molecule has 5 nitrogen and oxygen atoms in total. The van der Waals surface area contributed by atoms with Crippen LogP contribution in [0.5, 0.6) is 5.75 Å². The molecule has 0 aliphatic rings. The predicted octanol–water partition coefficient (Wildman–Crippen LogP) is 1.99. The number of rotatable bonds is 5. The Labute approximate surface area is 117 Å². The number of ether oxygens (including phenoxy) is 1. The lowest BCUT2D eigenvalue weighted by atomic mass is 10.2. The number of aliphatic hydroxyl groups is 1. The van der Waals surface area contributed by atoms with E-state index in [1.54, 1.807) is 36.4 Å². The Morgan fingerprint density at radius 2 is 1.90 bits per heavy atom. The third-order valence-electron chi connectivity index (χ3n) is 2.71. The van der Waals surface area contributed by atoms with Crippen LogP contribution in [-0.4, -0.2) is 20.6 Å². The van der Waals surface area contributed by atoms with Gasteiger partial charge in [-0.3, -0.25) is 4.72 Å². The Bertz CT molecular complexity index is 698. The minimum absolute atomic E-state index is 0.117. The first kappa shape index (κ1) is 14.4. The predicted molar refractivity (Wildman–Crippen MR) is 76.2 cm³/mol. The van der Waals surface area contributed by atoms with Gasteiger partial charge in [0.2, 0.25) is 0 Å². The van der Waals surface area contributed by atoms with Crippen molar-refractivity contribution in [2.75, 3.05) is 11.8 Å². The Hall–Kier alpha value is -2.05. The molecule has 0 spiro atoms. The van der Waals surface area contributed by atoms with Crippen molar-refractivity contribution in [2.45, 2.75) is 11.5 Å². The zero-order chi connectivity index (χ0) is 14.6. The van der Waals surface area contributed by atoms with E-state index < -0.39 is 10.0 Å². The molecule has 6 heteroatoms. The number of hydrogen-bond donors (Lipinski definition) is 2. The fourth-order valence-corrected chi connectivity index (χ4v) is 2.80. The molecule has 0 aliphatic carbocycles. The summed E-state index contributed by atoms with van der Waals surface area (Å²) >= 11 is 0. The minimum atomic E-state index is -3.68. The molecule has 0 atom stereocenters. The number of hydrogen-bond acceptors (Lipinski definition) is 4. The fourth-order valence-electron chi connectivity index (χ4n) is 1.72. The summed E-state index contributed by atoms with van der Waals surface area (Å²) in [7, 11) is -2.21. The van der Waals surface area contributed by atoms with Crippen LogP contribution in [0.15, 0.2) is 53.4 Å². The lowest BCUT2D eigenvalue weighted by molar-refractivity contribution is 0.282. The van der Waals surface area contributed by atoms with E-state index in [2.05, 4.69) is 4.72 Å². The monoisotopic (exact) mass is 293 g/mol. The van der Waals surface area contributed by atoms with Crippen LogP contribution in [0.4, 0.5) is 5.69 Å². The summed E-state index contributed by atoms with van der Waals surface area (Å²) in [5, 5.41) is 9.05. The van der Waals surface area contributed by atoms with Gasteiger partial charge in [0.15, 0.2) is 0 Å². The second-order valence-electron chi connectivity index (χ2n) is 4.14. The largest absolute Gasteiger partial charge is 0.497 e. The second kappa shape index (κ2) is 5.94. The van der Waals surface area contributed by atoms with Crippen LogP contribution in [0.25, 0.3) is 0 Å². The van der Waals surface area contributed by atoms with E-state index in [1.807, 2.05) is 0 Å². The highest BCUT2D eigenvalue weighted by Crippen LogP contribution is 2.20.